The molecule has 1 atom stereocenters. The van der Waals surface area contributed by atoms with Crippen molar-refractivity contribution >= 4 is 22.8 Å². The summed E-state index contributed by atoms with van der Waals surface area (Å²) in [5.74, 6) is 0.706. The van der Waals surface area contributed by atoms with Crippen LogP contribution in [0.1, 0.15) is 52.6 Å². The maximum Gasteiger partial charge on any atom is 0.251 e. The van der Waals surface area contributed by atoms with Gasteiger partial charge >= 0.3 is 0 Å². The van der Waals surface area contributed by atoms with Gasteiger partial charge in [-0.05, 0) is 70.1 Å². The van der Waals surface area contributed by atoms with Crippen LogP contribution in [0.5, 0.6) is 0 Å². The van der Waals surface area contributed by atoms with Crippen molar-refractivity contribution in [1.29, 1.82) is 0 Å². The third-order valence-electron chi connectivity index (χ3n) is 8.20. The van der Waals surface area contributed by atoms with Crippen molar-refractivity contribution in [2.75, 3.05) is 0 Å². The van der Waals surface area contributed by atoms with E-state index in [1.807, 2.05) is 67.6 Å². The molecule has 6 aromatic rings. The Kier molecular flexibility index (Phi) is 9.44. The first-order valence-electron chi connectivity index (χ1n) is 15.6. The second-order valence-corrected chi connectivity index (χ2v) is 11.6. The van der Waals surface area contributed by atoms with Crippen molar-refractivity contribution in [1.82, 2.24) is 41.0 Å². The number of aromatic nitrogens is 6. The molecule has 0 fully saturated rings. The fourth-order valence-corrected chi connectivity index (χ4v) is 6.04. The number of H-pyrrole nitrogens is 1. The quantitative estimate of drug-likeness (QED) is 0.104. The van der Waals surface area contributed by atoms with Crippen LogP contribution in [0, 0.1) is 6.92 Å². The van der Waals surface area contributed by atoms with Gasteiger partial charge in [0.05, 0.1) is 11.0 Å². The Morgan fingerprint density at radius 2 is 1.68 bits per heavy atom. The van der Waals surface area contributed by atoms with E-state index in [1.165, 1.54) is 0 Å². The summed E-state index contributed by atoms with van der Waals surface area (Å²) in [6, 6.07) is 29.3. The summed E-state index contributed by atoms with van der Waals surface area (Å²) in [4.78, 5) is 30.5. The van der Waals surface area contributed by atoms with Crippen molar-refractivity contribution in [3.8, 4) is 22.5 Å². The van der Waals surface area contributed by atoms with E-state index in [0.29, 0.717) is 24.4 Å². The Morgan fingerprint density at radius 3 is 2.38 bits per heavy atom. The van der Waals surface area contributed by atoms with Crippen LogP contribution >= 0.6 is 0 Å². The van der Waals surface area contributed by atoms with Gasteiger partial charge in [0.1, 0.15) is 5.82 Å². The van der Waals surface area contributed by atoms with Gasteiger partial charge in [0.25, 0.3) is 5.91 Å². The number of carbonyl (C=O) groups is 2. The van der Waals surface area contributed by atoms with E-state index < -0.39 is 11.9 Å². The second kappa shape index (κ2) is 14.2. The lowest BCUT2D eigenvalue weighted by Gasteiger charge is -2.18. The molecule has 0 aliphatic heterocycles. The first-order chi connectivity index (χ1) is 22.9. The van der Waals surface area contributed by atoms with E-state index >= 15 is 0 Å². The molecular weight excluding hydrogens is 592 g/mol. The molecule has 2 heterocycles. The predicted octanol–water partition coefficient (Wildman–Crippen LogP) is 5.43. The molecule has 4 aromatic carbocycles. The van der Waals surface area contributed by atoms with E-state index in [-0.39, 0.29) is 12.3 Å². The second-order valence-electron chi connectivity index (χ2n) is 11.6. The van der Waals surface area contributed by atoms with Crippen LogP contribution in [-0.4, -0.2) is 53.2 Å². The monoisotopic (exact) mass is 628 g/mol. The fourth-order valence-electron chi connectivity index (χ4n) is 6.04. The largest absolute Gasteiger partial charge is 0.348 e. The number of hydrogen-bond acceptors (Lipinski definition) is 7. The van der Waals surface area contributed by atoms with Crippen LogP contribution in [0.15, 0.2) is 91.0 Å². The molecule has 0 saturated heterocycles. The number of aryl methyl sites for hydroxylation is 2. The molecule has 6 rings (SSSR count). The summed E-state index contributed by atoms with van der Waals surface area (Å²) >= 11 is 0. The Morgan fingerprint density at radius 1 is 0.936 bits per heavy atom. The number of aromatic amines is 1. The highest BCUT2D eigenvalue weighted by Gasteiger charge is 2.21. The highest BCUT2D eigenvalue weighted by atomic mass is 16.5. The molecule has 47 heavy (non-hydrogen) atoms. The average molecular weight is 629 g/mol. The lowest BCUT2D eigenvalue weighted by molar-refractivity contribution is -0.129. The number of carbonyl (C=O) groups excluding carboxylic acids is 2. The molecule has 0 saturated carbocycles. The summed E-state index contributed by atoms with van der Waals surface area (Å²) in [5, 5.41) is 26.5. The molecule has 11 nitrogen and oxygen atoms in total. The van der Waals surface area contributed by atoms with Gasteiger partial charge in [-0.3, -0.25) is 14.8 Å². The topological polar surface area (TPSA) is 151 Å². The summed E-state index contributed by atoms with van der Waals surface area (Å²) < 4.78 is 2.24. The number of nitrogens with zero attached hydrogens (tertiary/aromatic N) is 5. The van der Waals surface area contributed by atoms with Gasteiger partial charge in [0.15, 0.2) is 5.82 Å². The minimum absolute atomic E-state index is 0.0602. The molecule has 4 N–H and O–H groups in total. The van der Waals surface area contributed by atoms with Gasteiger partial charge in [-0.2, -0.15) is 0 Å². The smallest absolute Gasteiger partial charge is 0.251 e. The van der Waals surface area contributed by atoms with Crippen molar-refractivity contribution in [2.45, 2.75) is 52.1 Å². The molecule has 0 radical (unpaired) electrons. The van der Waals surface area contributed by atoms with Gasteiger partial charge in [-0.15, -0.1) is 5.10 Å². The van der Waals surface area contributed by atoms with Crippen LogP contribution < -0.4 is 10.8 Å². The Hall–Kier alpha value is -5.68. The number of hydrogen-bond donors (Lipinski definition) is 4. The van der Waals surface area contributed by atoms with Crippen molar-refractivity contribution < 1.29 is 14.8 Å². The first kappa shape index (κ1) is 31.3. The molecule has 0 bridgehead atoms. The van der Waals surface area contributed by atoms with Crippen molar-refractivity contribution in [3.63, 3.8) is 0 Å². The SMILES string of the molecule is CCCc1nc2cc(C(=O)N[C@@H](CC(=O)NO)Cc3ccccc3)cc(C)c2n1Cc1ccc(-c2ccccc2-c2nnn[nH]2)cc1. The molecular formula is C36H36N8O3. The van der Waals surface area contributed by atoms with Crippen molar-refractivity contribution in [3.05, 3.63) is 119 Å². The number of imidazole rings is 1. The van der Waals surface area contributed by atoms with Crippen LogP contribution in [-0.2, 0) is 24.2 Å². The van der Waals surface area contributed by atoms with Gasteiger partial charge in [-0.1, -0.05) is 85.8 Å². The van der Waals surface area contributed by atoms with Crippen LogP contribution in [0.3, 0.4) is 0 Å². The summed E-state index contributed by atoms with van der Waals surface area (Å²) in [5.41, 5.74) is 9.91. The minimum Gasteiger partial charge on any atom is -0.348 e. The standard InChI is InChI=1S/C36H36N8O3/c1-3-9-32-38-31-20-27(36(46)37-28(21-33(45)41-47)19-24-10-5-4-6-11-24)18-23(2)34(31)44(32)22-25-14-16-26(17-15-25)29-12-7-8-13-30(29)35-39-42-43-40-35/h4-8,10-18,20,28,47H,3,9,19,21-22H2,1-2H3,(H,37,46)(H,41,45)(H,39,40,42,43)/t28-/m1/s1. The summed E-state index contributed by atoms with van der Waals surface area (Å²) in [7, 11) is 0. The van der Waals surface area contributed by atoms with E-state index in [4.69, 9.17) is 10.2 Å². The zero-order chi connectivity index (χ0) is 32.8. The number of amides is 2. The molecule has 2 aromatic heterocycles. The number of fused-ring (bicyclic) bond motifs is 1. The number of benzene rings is 4. The third-order valence-corrected chi connectivity index (χ3v) is 8.20. The Labute approximate surface area is 272 Å². The molecule has 11 heteroatoms. The predicted molar refractivity (Wildman–Crippen MR) is 179 cm³/mol. The fraction of sp³-hybridized carbons (Fsp3) is 0.222. The summed E-state index contributed by atoms with van der Waals surface area (Å²) in [6.07, 6.45) is 2.10. The highest BCUT2D eigenvalue weighted by Crippen LogP contribution is 2.30. The number of rotatable bonds is 12. The van der Waals surface area contributed by atoms with Gasteiger partial charge in [-0.25, -0.2) is 15.6 Å². The number of tetrazole rings is 1. The van der Waals surface area contributed by atoms with Crippen molar-refractivity contribution in [2.24, 2.45) is 0 Å². The van der Waals surface area contributed by atoms with Gasteiger partial charge < -0.3 is 9.88 Å². The maximum absolute atomic E-state index is 13.5. The van der Waals surface area contributed by atoms with Gasteiger partial charge in [0, 0.05) is 36.6 Å². The molecule has 238 valence electrons. The molecule has 0 aliphatic rings. The zero-order valence-corrected chi connectivity index (χ0v) is 26.3. The Bertz CT molecular complexity index is 1990. The van der Waals surface area contributed by atoms with E-state index in [2.05, 4.69) is 67.8 Å². The molecule has 2 amide bonds. The highest BCUT2D eigenvalue weighted by molar-refractivity contribution is 5.99. The molecule has 0 aliphatic carbocycles. The third kappa shape index (κ3) is 7.10. The Balaban J connectivity index is 1.26. The van der Waals surface area contributed by atoms with Crippen LogP contribution in [0.25, 0.3) is 33.5 Å². The molecule has 0 spiro atoms. The van der Waals surface area contributed by atoms with Gasteiger partial charge in [0.2, 0.25) is 5.91 Å². The summed E-state index contributed by atoms with van der Waals surface area (Å²) in [6.45, 7) is 4.74. The van der Waals surface area contributed by atoms with E-state index in [9.17, 15) is 9.59 Å². The lowest BCUT2D eigenvalue weighted by atomic mass is 9.98. The maximum atomic E-state index is 13.5. The van der Waals surface area contributed by atoms with E-state index in [0.717, 1.165) is 63.1 Å². The normalized spacial score (nSPS) is 11.8. The first-order valence-corrected chi connectivity index (χ1v) is 15.6. The van der Waals surface area contributed by atoms with E-state index in [1.54, 1.807) is 5.48 Å². The lowest BCUT2D eigenvalue weighted by Crippen LogP contribution is -2.40. The minimum atomic E-state index is -0.565. The number of hydroxylamine groups is 1. The number of nitrogens with one attached hydrogen (secondary N) is 3. The van der Waals surface area contributed by atoms with Crippen LogP contribution in [0.4, 0.5) is 0 Å². The molecule has 0 unspecified atom stereocenters. The average Bonchev–Trinajstić information content (AvgIpc) is 3.74. The van der Waals surface area contributed by atoms with Crippen LogP contribution in [0.2, 0.25) is 0 Å². The zero-order valence-electron chi connectivity index (χ0n) is 26.3.